The minimum atomic E-state index is -1.86. The van der Waals surface area contributed by atoms with Crippen LogP contribution >= 0.6 is 0 Å². The fraction of sp³-hybridized carbons (Fsp3) is 0.350. The van der Waals surface area contributed by atoms with E-state index in [1.54, 1.807) is 30.3 Å². The lowest BCUT2D eigenvalue weighted by molar-refractivity contribution is -0.365. The molecule has 2 rings (SSSR count). The first-order valence-electron chi connectivity index (χ1n) is 9.92. The van der Waals surface area contributed by atoms with Gasteiger partial charge in [0.1, 0.15) is 12.4 Å². The summed E-state index contributed by atoms with van der Waals surface area (Å²) in [5.41, 5.74) is -0.630. The lowest BCUT2D eigenvalue weighted by atomic mass is 9.92. The van der Waals surface area contributed by atoms with E-state index in [1.165, 1.54) is 25.1 Å². The third-order valence-corrected chi connectivity index (χ3v) is 4.90. The molecule has 0 fully saturated rings. The number of carbonyl (C=O) groups is 1. The third-order valence-electron chi connectivity index (χ3n) is 4.90. The van der Waals surface area contributed by atoms with Gasteiger partial charge >= 0.3 is 5.97 Å². The fourth-order valence-electron chi connectivity index (χ4n) is 2.96. The monoisotopic (exact) mass is 500 g/mol. The molecule has 2 aromatic rings. The van der Waals surface area contributed by atoms with Gasteiger partial charge in [-0.3, -0.25) is 19.3 Å². The summed E-state index contributed by atoms with van der Waals surface area (Å²) in [6, 6.07) is 12.9. The van der Waals surface area contributed by atoms with Crippen molar-refractivity contribution in [3.8, 4) is 11.1 Å². The highest BCUT2D eigenvalue weighted by Crippen LogP contribution is 2.28. The predicted molar refractivity (Wildman–Crippen MR) is 112 cm³/mol. The van der Waals surface area contributed by atoms with Gasteiger partial charge in [0.15, 0.2) is 0 Å². The van der Waals surface area contributed by atoms with Gasteiger partial charge in [-0.05, 0) is 24.1 Å². The van der Waals surface area contributed by atoms with Gasteiger partial charge < -0.3 is 36.0 Å². The molecule has 0 aliphatic heterocycles. The second-order valence-corrected chi connectivity index (χ2v) is 7.47. The molecular weight excluding hydrogens is 477 g/mol. The molecule has 0 saturated carbocycles. The van der Waals surface area contributed by atoms with Crippen molar-refractivity contribution < 1.29 is 44.1 Å². The van der Waals surface area contributed by atoms with Gasteiger partial charge in [-0.1, -0.05) is 42.5 Å². The number of benzene rings is 2. The molecule has 0 aliphatic carbocycles. The molecule has 0 unspecified atom stereocenters. The van der Waals surface area contributed by atoms with Gasteiger partial charge in [-0.2, -0.15) is 0 Å². The third kappa shape index (κ3) is 9.15. The highest BCUT2D eigenvalue weighted by atomic mass is 19.1. The molecule has 2 aromatic carbocycles. The summed E-state index contributed by atoms with van der Waals surface area (Å²) in [6.45, 7) is -1.92. The molecule has 0 aromatic heterocycles. The van der Waals surface area contributed by atoms with E-state index in [9.17, 15) is 24.8 Å². The fourth-order valence-corrected chi connectivity index (χ4v) is 2.96. The maximum absolute atomic E-state index is 14.7. The van der Waals surface area contributed by atoms with Crippen LogP contribution in [0.1, 0.15) is 18.4 Å². The largest absolute Gasteiger partial charge is 0.738 e. The van der Waals surface area contributed by atoms with E-state index in [4.69, 9.17) is 20.4 Å². The molecule has 0 spiro atoms. The van der Waals surface area contributed by atoms with Gasteiger partial charge in [0.05, 0.1) is 31.2 Å². The van der Waals surface area contributed by atoms with Crippen molar-refractivity contribution >= 4 is 5.97 Å². The summed E-state index contributed by atoms with van der Waals surface area (Å²) in [5, 5.41) is 55.5. The molecule has 14 nitrogen and oxygen atoms in total. The van der Waals surface area contributed by atoms with Crippen LogP contribution in [0.15, 0.2) is 48.5 Å². The Morgan fingerprint density at radius 1 is 0.914 bits per heavy atom. The van der Waals surface area contributed by atoms with Crippen LogP contribution in [0.5, 0.6) is 0 Å². The first-order chi connectivity index (χ1) is 16.5. The first-order valence-corrected chi connectivity index (χ1v) is 9.92. The molecular formula is C20H23FN3O11-3. The summed E-state index contributed by atoms with van der Waals surface area (Å²) in [6.07, 6.45) is 0. The van der Waals surface area contributed by atoms with Crippen molar-refractivity contribution in [3.05, 3.63) is 75.5 Å². The van der Waals surface area contributed by atoms with E-state index >= 15 is 0 Å². The average molecular weight is 500 g/mol. The van der Waals surface area contributed by atoms with Crippen molar-refractivity contribution in [1.82, 2.24) is 16.2 Å². The van der Waals surface area contributed by atoms with E-state index in [0.29, 0.717) is 11.1 Å². The van der Waals surface area contributed by atoms with E-state index in [-0.39, 0.29) is 5.56 Å². The SMILES string of the molecule is C[C@@H](C(=O)OCC(CON([O-])O)(CON([O-])O)CON([O-])O)c1ccc(-c2ccccc2)c(F)c1. The quantitative estimate of drug-likeness (QED) is 0.253. The Bertz CT molecular complexity index is 903. The molecule has 0 bridgehead atoms. The van der Waals surface area contributed by atoms with Gasteiger partial charge in [0, 0.05) is 5.56 Å². The lowest BCUT2D eigenvalue weighted by Gasteiger charge is -2.36. The summed E-state index contributed by atoms with van der Waals surface area (Å²) >= 11 is 0. The summed E-state index contributed by atoms with van der Waals surface area (Å²) in [4.78, 5) is 25.7. The molecule has 0 heterocycles. The molecule has 194 valence electrons. The summed E-state index contributed by atoms with van der Waals surface area (Å²) in [7, 11) is 0. The van der Waals surface area contributed by atoms with Crippen LogP contribution in [0.3, 0.4) is 0 Å². The van der Waals surface area contributed by atoms with Gasteiger partial charge in [-0.25, -0.2) is 4.39 Å². The Balaban J connectivity index is 2.16. The number of esters is 1. The van der Waals surface area contributed by atoms with Crippen LogP contribution in [0.4, 0.5) is 4.39 Å². The number of rotatable bonds is 14. The zero-order valence-electron chi connectivity index (χ0n) is 18.4. The molecule has 0 amide bonds. The number of carbonyl (C=O) groups excluding carboxylic acids is 1. The van der Waals surface area contributed by atoms with Crippen LogP contribution in [0.2, 0.25) is 0 Å². The van der Waals surface area contributed by atoms with E-state index < -0.39 is 65.7 Å². The van der Waals surface area contributed by atoms with Crippen LogP contribution in [-0.4, -0.2) is 64.2 Å². The maximum atomic E-state index is 14.7. The van der Waals surface area contributed by atoms with Gasteiger partial charge in [0.25, 0.3) is 0 Å². The molecule has 0 saturated heterocycles. The van der Waals surface area contributed by atoms with Crippen molar-refractivity contribution in [2.75, 3.05) is 26.4 Å². The van der Waals surface area contributed by atoms with E-state index in [0.717, 1.165) is 0 Å². The highest BCUT2D eigenvalue weighted by Gasteiger charge is 2.36. The Labute approximate surface area is 198 Å². The molecule has 1 atom stereocenters. The van der Waals surface area contributed by atoms with E-state index in [2.05, 4.69) is 14.5 Å². The predicted octanol–water partition coefficient (Wildman–Crippen LogP) is 2.49. The second-order valence-electron chi connectivity index (χ2n) is 7.47. The number of hydrogen-bond acceptors (Lipinski definition) is 14. The highest BCUT2D eigenvalue weighted by molar-refractivity contribution is 5.78. The Morgan fingerprint density at radius 3 is 1.89 bits per heavy atom. The first kappa shape index (κ1) is 28.6. The molecule has 15 heteroatoms. The van der Waals surface area contributed by atoms with Gasteiger partial charge in [-0.15, -0.1) is 16.2 Å². The average Bonchev–Trinajstić information content (AvgIpc) is 2.82. The number of ether oxygens (including phenoxy) is 1. The number of nitrogens with zero attached hydrogens (tertiary/aromatic N) is 3. The minimum absolute atomic E-state index is 0.268. The molecule has 35 heavy (non-hydrogen) atoms. The van der Waals surface area contributed by atoms with E-state index in [1.807, 2.05) is 0 Å². The van der Waals surface area contributed by atoms with Crippen molar-refractivity contribution in [2.24, 2.45) is 5.41 Å². The molecule has 3 N–H and O–H groups in total. The lowest BCUT2D eigenvalue weighted by Crippen LogP contribution is -2.45. The molecule has 0 aliphatic rings. The van der Waals surface area contributed by atoms with Crippen LogP contribution in [0.25, 0.3) is 11.1 Å². The second kappa shape index (κ2) is 13.4. The Morgan fingerprint density at radius 2 is 1.43 bits per heavy atom. The van der Waals surface area contributed by atoms with Crippen molar-refractivity contribution in [1.29, 1.82) is 0 Å². The van der Waals surface area contributed by atoms with Gasteiger partial charge in [0.2, 0.25) is 0 Å². The summed E-state index contributed by atoms with van der Waals surface area (Å²) < 4.78 is 19.9. The van der Waals surface area contributed by atoms with Crippen LogP contribution in [0, 0.1) is 26.9 Å². The Kier molecular flexibility index (Phi) is 11.0. The zero-order chi connectivity index (χ0) is 26.0. The zero-order valence-corrected chi connectivity index (χ0v) is 18.4. The number of hydrogen-bond donors (Lipinski definition) is 3. The maximum Gasteiger partial charge on any atom is 0.313 e. The normalized spacial score (nSPS) is 13.0. The standard InChI is InChI=1S/C20H23FN3O11/c1-14(16-7-8-17(18(21)9-16)15-5-3-2-4-6-15)19(25)32-10-20(11-33-22(26)27,12-34-23(28)29)13-35-24(30)31/h2-9,14,26,28,30H,10-13H2,1H3/q-3/t14-/m1/s1. The number of halogens is 1. The van der Waals surface area contributed by atoms with Crippen molar-refractivity contribution in [3.63, 3.8) is 0 Å². The summed E-state index contributed by atoms with van der Waals surface area (Å²) in [5.74, 6) is -2.46. The Hall–Kier alpha value is -2.64. The minimum Gasteiger partial charge on any atom is -0.738 e. The molecule has 0 radical (unpaired) electrons. The topological polar surface area (TPSA) is 194 Å². The van der Waals surface area contributed by atoms with Crippen LogP contribution in [-0.2, 0) is 24.0 Å². The van der Waals surface area contributed by atoms with Crippen molar-refractivity contribution in [2.45, 2.75) is 12.8 Å². The smallest absolute Gasteiger partial charge is 0.313 e. The van der Waals surface area contributed by atoms with Crippen LogP contribution < -0.4 is 0 Å².